The molecule has 0 fully saturated rings. The minimum absolute atomic E-state index is 0.181. The summed E-state index contributed by atoms with van der Waals surface area (Å²) in [4.78, 5) is 25.1. The summed E-state index contributed by atoms with van der Waals surface area (Å²) in [5, 5.41) is 10.1. The molecule has 0 aliphatic heterocycles. The number of nitrogens with one attached hydrogen (secondary N) is 2. The fourth-order valence-electron chi connectivity index (χ4n) is 3.16. The number of hydrogen-bond donors (Lipinski definition) is 2. The van der Waals surface area contributed by atoms with Crippen molar-refractivity contribution in [2.75, 3.05) is 6.54 Å². The highest BCUT2D eigenvalue weighted by Crippen LogP contribution is 2.07. The summed E-state index contributed by atoms with van der Waals surface area (Å²) in [5.74, 6) is -0.448. The number of furan rings is 1. The van der Waals surface area contributed by atoms with Gasteiger partial charge in [-0.15, -0.1) is 0 Å². The first-order chi connectivity index (χ1) is 14.0. The average Bonchev–Trinajstić information content (AvgIpc) is 3.35. The van der Waals surface area contributed by atoms with Gasteiger partial charge in [0, 0.05) is 25.2 Å². The molecular weight excluding hydrogens is 368 g/mol. The first kappa shape index (κ1) is 20.4. The van der Waals surface area contributed by atoms with Gasteiger partial charge < -0.3 is 15.1 Å². The average molecular weight is 394 g/mol. The molecule has 0 aliphatic rings. The maximum absolute atomic E-state index is 12.8. The summed E-state index contributed by atoms with van der Waals surface area (Å²) >= 11 is 0. The van der Waals surface area contributed by atoms with Crippen molar-refractivity contribution >= 4 is 11.8 Å². The highest BCUT2D eigenvalue weighted by Gasteiger charge is 2.22. The van der Waals surface area contributed by atoms with Crippen LogP contribution in [0.4, 0.5) is 0 Å². The van der Waals surface area contributed by atoms with Gasteiger partial charge in [-0.25, -0.2) is 0 Å². The molecule has 29 heavy (non-hydrogen) atoms. The topological polar surface area (TPSA) is 89.2 Å². The van der Waals surface area contributed by atoms with Crippen LogP contribution in [0.5, 0.6) is 0 Å². The molecule has 0 bridgehead atoms. The van der Waals surface area contributed by atoms with Crippen molar-refractivity contribution in [1.29, 1.82) is 0 Å². The first-order valence-electron chi connectivity index (χ1n) is 9.70. The van der Waals surface area contributed by atoms with Crippen molar-refractivity contribution in [3.05, 3.63) is 77.5 Å². The van der Waals surface area contributed by atoms with Gasteiger partial charge in [0.25, 0.3) is 5.91 Å². The Bertz CT molecular complexity index is 932. The lowest BCUT2D eigenvalue weighted by Gasteiger charge is -2.18. The number of hydrogen-bond acceptors (Lipinski definition) is 4. The third-order valence-electron chi connectivity index (χ3n) is 4.60. The van der Waals surface area contributed by atoms with Crippen LogP contribution in [0.3, 0.4) is 0 Å². The van der Waals surface area contributed by atoms with Gasteiger partial charge in [0.15, 0.2) is 5.76 Å². The predicted octanol–water partition coefficient (Wildman–Crippen LogP) is 2.64. The van der Waals surface area contributed by atoms with Crippen molar-refractivity contribution in [3.63, 3.8) is 0 Å². The lowest BCUT2D eigenvalue weighted by molar-refractivity contribution is -0.122. The predicted molar refractivity (Wildman–Crippen MR) is 109 cm³/mol. The lowest BCUT2D eigenvalue weighted by Crippen LogP contribution is -2.48. The minimum atomic E-state index is -0.691. The number of nitrogens with zero attached hydrogens (tertiary/aromatic N) is 2. The third-order valence-corrected chi connectivity index (χ3v) is 4.60. The van der Waals surface area contributed by atoms with Gasteiger partial charge in [-0.2, -0.15) is 5.10 Å². The molecule has 7 nitrogen and oxygen atoms in total. The molecule has 2 heterocycles. The number of amides is 2. The third kappa shape index (κ3) is 5.81. The second-order valence-corrected chi connectivity index (χ2v) is 6.99. The van der Waals surface area contributed by atoms with E-state index in [4.69, 9.17) is 4.42 Å². The van der Waals surface area contributed by atoms with E-state index in [2.05, 4.69) is 15.7 Å². The van der Waals surface area contributed by atoms with E-state index < -0.39 is 11.9 Å². The molecule has 0 spiro atoms. The zero-order valence-electron chi connectivity index (χ0n) is 16.7. The Balaban J connectivity index is 1.57. The van der Waals surface area contributed by atoms with Crippen LogP contribution in [0.1, 0.15) is 33.9 Å². The van der Waals surface area contributed by atoms with Crippen LogP contribution < -0.4 is 10.6 Å². The summed E-state index contributed by atoms with van der Waals surface area (Å²) in [5.41, 5.74) is 3.05. The van der Waals surface area contributed by atoms with E-state index in [0.717, 1.165) is 29.9 Å². The Kier molecular flexibility index (Phi) is 6.84. The number of carbonyl (C=O) groups excluding carboxylic acids is 2. The highest BCUT2D eigenvalue weighted by atomic mass is 16.3. The van der Waals surface area contributed by atoms with Gasteiger partial charge in [-0.05, 0) is 44.0 Å². The van der Waals surface area contributed by atoms with Gasteiger partial charge >= 0.3 is 0 Å². The Labute approximate surface area is 170 Å². The minimum Gasteiger partial charge on any atom is -0.459 e. The quantitative estimate of drug-likeness (QED) is 0.546. The number of aromatic nitrogens is 2. The molecule has 1 aromatic carbocycles. The molecule has 0 aliphatic carbocycles. The fraction of sp³-hybridized carbons (Fsp3) is 0.318. The Hall–Kier alpha value is -3.35. The largest absolute Gasteiger partial charge is 0.459 e. The fourth-order valence-corrected chi connectivity index (χ4v) is 3.16. The number of carbonyl (C=O) groups is 2. The molecule has 0 saturated heterocycles. The normalized spacial score (nSPS) is 11.8. The Morgan fingerprint density at radius 3 is 2.59 bits per heavy atom. The zero-order chi connectivity index (χ0) is 20.6. The van der Waals surface area contributed by atoms with Crippen molar-refractivity contribution < 1.29 is 14.0 Å². The summed E-state index contributed by atoms with van der Waals surface area (Å²) in [6.07, 6.45) is 2.58. The van der Waals surface area contributed by atoms with E-state index in [1.165, 1.54) is 6.26 Å². The highest BCUT2D eigenvalue weighted by molar-refractivity contribution is 5.95. The number of benzene rings is 1. The van der Waals surface area contributed by atoms with Crippen molar-refractivity contribution in [2.45, 2.75) is 39.3 Å². The van der Waals surface area contributed by atoms with Crippen LogP contribution in [-0.4, -0.2) is 34.2 Å². The summed E-state index contributed by atoms with van der Waals surface area (Å²) in [6, 6.07) is 14.1. The SMILES string of the molecule is Cc1cc(C)n(CCCNC(=O)C(Cc2ccccc2)NC(=O)c2ccco2)n1. The molecule has 0 saturated carbocycles. The molecule has 1 atom stereocenters. The van der Waals surface area contributed by atoms with Gasteiger partial charge in [-0.3, -0.25) is 14.3 Å². The maximum atomic E-state index is 12.8. The van der Waals surface area contributed by atoms with Crippen LogP contribution in [-0.2, 0) is 17.8 Å². The molecule has 2 N–H and O–H groups in total. The molecule has 3 rings (SSSR count). The Morgan fingerprint density at radius 1 is 1.14 bits per heavy atom. The van der Waals surface area contributed by atoms with Crippen molar-refractivity contribution in [1.82, 2.24) is 20.4 Å². The van der Waals surface area contributed by atoms with E-state index in [1.807, 2.05) is 54.9 Å². The molecule has 0 radical (unpaired) electrons. The summed E-state index contributed by atoms with van der Waals surface area (Å²) < 4.78 is 7.07. The van der Waals surface area contributed by atoms with Crippen LogP contribution in [0.15, 0.2) is 59.2 Å². The van der Waals surface area contributed by atoms with E-state index >= 15 is 0 Å². The lowest BCUT2D eigenvalue weighted by atomic mass is 10.0. The summed E-state index contributed by atoms with van der Waals surface area (Å²) in [7, 11) is 0. The van der Waals surface area contributed by atoms with Crippen LogP contribution in [0.25, 0.3) is 0 Å². The standard InChI is InChI=1S/C22H26N4O3/c1-16-14-17(2)26(25-16)12-7-11-23-21(27)19(15-18-8-4-3-5-9-18)24-22(28)20-10-6-13-29-20/h3-6,8-10,13-14,19H,7,11-12,15H2,1-2H3,(H,23,27)(H,24,28). The summed E-state index contributed by atoms with van der Waals surface area (Å²) in [6.45, 7) is 5.20. The Morgan fingerprint density at radius 2 is 1.93 bits per heavy atom. The van der Waals surface area contributed by atoms with E-state index in [1.54, 1.807) is 12.1 Å². The molecule has 1 unspecified atom stereocenters. The second kappa shape index (κ2) is 9.73. The zero-order valence-corrected chi connectivity index (χ0v) is 16.7. The molecular formula is C22H26N4O3. The first-order valence-corrected chi connectivity index (χ1v) is 9.70. The van der Waals surface area contributed by atoms with Gasteiger partial charge in [-0.1, -0.05) is 30.3 Å². The van der Waals surface area contributed by atoms with E-state index in [9.17, 15) is 9.59 Å². The number of rotatable bonds is 9. The van der Waals surface area contributed by atoms with Gasteiger partial charge in [0.1, 0.15) is 6.04 Å². The smallest absolute Gasteiger partial charge is 0.287 e. The maximum Gasteiger partial charge on any atom is 0.287 e. The molecule has 7 heteroatoms. The van der Waals surface area contributed by atoms with Crippen molar-refractivity contribution in [2.24, 2.45) is 0 Å². The van der Waals surface area contributed by atoms with Gasteiger partial charge in [0.2, 0.25) is 5.91 Å². The number of aryl methyl sites for hydroxylation is 3. The van der Waals surface area contributed by atoms with E-state index in [0.29, 0.717) is 13.0 Å². The molecule has 2 aromatic heterocycles. The molecule has 3 aromatic rings. The van der Waals surface area contributed by atoms with Gasteiger partial charge in [0.05, 0.1) is 12.0 Å². The molecule has 2 amide bonds. The van der Waals surface area contributed by atoms with Crippen LogP contribution >= 0.6 is 0 Å². The second-order valence-electron chi connectivity index (χ2n) is 6.99. The monoisotopic (exact) mass is 394 g/mol. The van der Waals surface area contributed by atoms with Crippen LogP contribution in [0, 0.1) is 13.8 Å². The van der Waals surface area contributed by atoms with Crippen molar-refractivity contribution in [3.8, 4) is 0 Å². The molecule has 152 valence electrons. The van der Waals surface area contributed by atoms with Crippen LogP contribution in [0.2, 0.25) is 0 Å². The van der Waals surface area contributed by atoms with E-state index in [-0.39, 0.29) is 11.7 Å².